The predicted molar refractivity (Wildman–Crippen MR) is 60.3 cm³/mol. The van der Waals surface area contributed by atoms with Crippen LogP contribution in [0.4, 0.5) is 0 Å². The van der Waals surface area contributed by atoms with Crippen molar-refractivity contribution in [2.24, 2.45) is 5.84 Å². The van der Waals surface area contributed by atoms with Crippen LogP contribution < -0.4 is 11.3 Å². The lowest BCUT2D eigenvalue weighted by Gasteiger charge is -2.12. The van der Waals surface area contributed by atoms with E-state index in [1.54, 1.807) is 29.8 Å². The largest absolute Gasteiger partial charge is 0.270 e. The van der Waals surface area contributed by atoms with Gasteiger partial charge in [-0.25, -0.2) is 15.4 Å². The Morgan fingerprint density at radius 3 is 2.67 bits per heavy atom. The fraction of sp³-hybridized carbons (Fsp3) is 0.200. The van der Waals surface area contributed by atoms with E-state index < -0.39 is 0 Å². The van der Waals surface area contributed by atoms with Crippen molar-refractivity contribution in [2.45, 2.75) is 13.0 Å². The van der Waals surface area contributed by atoms with Gasteiger partial charge in [0, 0.05) is 17.3 Å². The van der Waals surface area contributed by atoms with Gasteiger partial charge in [-0.1, -0.05) is 0 Å². The summed E-state index contributed by atoms with van der Waals surface area (Å²) in [4.78, 5) is 9.62. The standard InChI is InChI=1S/C10H12N4S/c1-7-5-8(6-15-7)9(14-11)10-12-3-2-4-13-10/h2-6,9,14H,11H2,1H3. The van der Waals surface area contributed by atoms with Crippen LogP contribution in [0.3, 0.4) is 0 Å². The molecule has 0 saturated carbocycles. The number of hydrogen-bond acceptors (Lipinski definition) is 5. The Kier molecular flexibility index (Phi) is 3.05. The first-order valence-corrected chi connectivity index (χ1v) is 5.47. The molecule has 0 aliphatic heterocycles. The highest BCUT2D eigenvalue weighted by molar-refractivity contribution is 7.10. The molecule has 78 valence electrons. The highest BCUT2D eigenvalue weighted by Gasteiger charge is 2.15. The van der Waals surface area contributed by atoms with E-state index in [4.69, 9.17) is 5.84 Å². The number of thiophene rings is 1. The van der Waals surface area contributed by atoms with Crippen LogP contribution in [-0.2, 0) is 0 Å². The number of hydrazine groups is 1. The maximum atomic E-state index is 5.52. The minimum absolute atomic E-state index is 0.129. The van der Waals surface area contributed by atoms with Crippen molar-refractivity contribution in [3.05, 3.63) is 46.2 Å². The van der Waals surface area contributed by atoms with E-state index in [0.717, 1.165) is 5.56 Å². The van der Waals surface area contributed by atoms with Crippen LogP contribution in [-0.4, -0.2) is 9.97 Å². The molecule has 2 aromatic rings. The van der Waals surface area contributed by atoms with Crippen LogP contribution in [0.25, 0.3) is 0 Å². The van der Waals surface area contributed by atoms with Crippen molar-refractivity contribution in [2.75, 3.05) is 0 Å². The summed E-state index contributed by atoms with van der Waals surface area (Å²) >= 11 is 1.69. The molecular formula is C10H12N4S. The molecule has 0 bridgehead atoms. The zero-order valence-corrected chi connectivity index (χ0v) is 9.16. The number of nitrogens with one attached hydrogen (secondary N) is 1. The molecule has 1 unspecified atom stereocenters. The number of nitrogens with zero attached hydrogens (tertiary/aromatic N) is 2. The SMILES string of the molecule is Cc1cc(C(NN)c2ncccn2)cs1. The molecular weight excluding hydrogens is 208 g/mol. The Morgan fingerprint density at radius 2 is 2.13 bits per heavy atom. The van der Waals surface area contributed by atoms with Crippen molar-refractivity contribution < 1.29 is 0 Å². The van der Waals surface area contributed by atoms with E-state index in [9.17, 15) is 0 Å². The lowest BCUT2D eigenvalue weighted by molar-refractivity contribution is 0.603. The van der Waals surface area contributed by atoms with Gasteiger partial charge in [0.05, 0.1) is 0 Å². The van der Waals surface area contributed by atoms with Gasteiger partial charge in [0.1, 0.15) is 6.04 Å². The molecule has 0 aromatic carbocycles. The average Bonchev–Trinajstić information content (AvgIpc) is 2.68. The van der Waals surface area contributed by atoms with E-state index >= 15 is 0 Å². The topological polar surface area (TPSA) is 63.8 Å². The van der Waals surface area contributed by atoms with Crippen molar-refractivity contribution in [1.82, 2.24) is 15.4 Å². The van der Waals surface area contributed by atoms with Gasteiger partial charge in [-0.2, -0.15) is 0 Å². The zero-order valence-electron chi connectivity index (χ0n) is 8.34. The van der Waals surface area contributed by atoms with Crippen LogP contribution in [0.1, 0.15) is 22.3 Å². The van der Waals surface area contributed by atoms with Gasteiger partial charge in [0.15, 0.2) is 5.82 Å². The average molecular weight is 220 g/mol. The second-order valence-electron chi connectivity index (χ2n) is 3.20. The van der Waals surface area contributed by atoms with Gasteiger partial charge in [-0.15, -0.1) is 11.3 Å². The molecule has 1 atom stereocenters. The number of rotatable bonds is 3. The van der Waals surface area contributed by atoms with Gasteiger partial charge in [-0.05, 0) is 30.0 Å². The van der Waals surface area contributed by atoms with E-state index in [-0.39, 0.29) is 6.04 Å². The van der Waals surface area contributed by atoms with E-state index in [1.807, 2.05) is 0 Å². The van der Waals surface area contributed by atoms with Crippen molar-refractivity contribution >= 4 is 11.3 Å². The molecule has 0 amide bonds. The fourth-order valence-electron chi connectivity index (χ4n) is 1.39. The highest BCUT2D eigenvalue weighted by atomic mass is 32.1. The van der Waals surface area contributed by atoms with Crippen LogP contribution in [0, 0.1) is 6.92 Å². The Morgan fingerprint density at radius 1 is 1.40 bits per heavy atom. The quantitative estimate of drug-likeness (QED) is 0.606. The van der Waals surface area contributed by atoms with Crippen molar-refractivity contribution in [3.8, 4) is 0 Å². The molecule has 5 heteroatoms. The summed E-state index contributed by atoms with van der Waals surface area (Å²) in [6.45, 7) is 2.06. The zero-order chi connectivity index (χ0) is 10.7. The molecule has 0 spiro atoms. The normalized spacial score (nSPS) is 12.7. The van der Waals surface area contributed by atoms with Crippen molar-refractivity contribution in [3.63, 3.8) is 0 Å². The van der Waals surface area contributed by atoms with E-state index in [1.165, 1.54) is 4.88 Å². The molecule has 2 heterocycles. The third-order valence-corrected chi connectivity index (χ3v) is 2.97. The smallest absolute Gasteiger partial charge is 0.150 e. The first kappa shape index (κ1) is 10.2. The van der Waals surface area contributed by atoms with Crippen LogP contribution in [0.2, 0.25) is 0 Å². The molecule has 3 N–H and O–H groups in total. The Balaban J connectivity index is 2.33. The molecule has 0 aliphatic rings. The monoisotopic (exact) mass is 220 g/mol. The third kappa shape index (κ3) is 2.20. The van der Waals surface area contributed by atoms with Gasteiger partial charge < -0.3 is 0 Å². The highest BCUT2D eigenvalue weighted by Crippen LogP contribution is 2.22. The summed E-state index contributed by atoms with van der Waals surface area (Å²) in [6, 6.07) is 3.75. The minimum atomic E-state index is -0.129. The Labute approximate surface area is 92.2 Å². The van der Waals surface area contributed by atoms with E-state index in [2.05, 4.69) is 33.8 Å². The summed E-state index contributed by atoms with van der Waals surface area (Å²) in [5.41, 5.74) is 3.83. The Bertz CT molecular complexity index is 426. The molecule has 0 radical (unpaired) electrons. The van der Waals surface area contributed by atoms with Gasteiger partial charge in [0.25, 0.3) is 0 Å². The molecule has 4 nitrogen and oxygen atoms in total. The van der Waals surface area contributed by atoms with Gasteiger partial charge in [-0.3, -0.25) is 5.84 Å². The molecule has 2 rings (SSSR count). The maximum absolute atomic E-state index is 5.52. The summed E-state index contributed by atoms with van der Waals surface area (Å²) in [7, 11) is 0. The lowest BCUT2D eigenvalue weighted by atomic mass is 10.1. The predicted octanol–water partition coefficient (Wildman–Crippen LogP) is 1.40. The summed E-state index contributed by atoms with van der Waals surface area (Å²) in [6.07, 6.45) is 3.43. The third-order valence-electron chi connectivity index (χ3n) is 2.09. The number of nitrogens with two attached hydrogens (primary N) is 1. The van der Waals surface area contributed by atoms with Gasteiger partial charge >= 0.3 is 0 Å². The fourth-order valence-corrected chi connectivity index (χ4v) is 2.12. The minimum Gasteiger partial charge on any atom is -0.270 e. The molecule has 15 heavy (non-hydrogen) atoms. The lowest BCUT2D eigenvalue weighted by Crippen LogP contribution is -2.29. The van der Waals surface area contributed by atoms with Crippen LogP contribution in [0.5, 0.6) is 0 Å². The molecule has 0 saturated heterocycles. The maximum Gasteiger partial charge on any atom is 0.150 e. The number of aromatic nitrogens is 2. The van der Waals surface area contributed by atoms with Crippen LogP contribution in [0.15, 0.2) is 29.9 Å². The summed E-state index contributed by atoms with van der Waals surface area (Å²) in [5.74, 6) is 6.21. The Hall–Kier alpha value is -1.30. The van der Waals surface area contributed by atoms with Crippen molar-refractivity contribution in [1.29, 1.82) is 0 Å². The van der Waals surface area contributed by atoms with Gasteiger partial charge in [0.2, 0.25) is 0 Å². The molecule has 0 aliphatic carbocycles. The molecule has 0 fully saturated rings. The number of aryl methyl sites for hydroxylation is 1. The molecule has 2 aromatic heterocycles. The first-order chi connectivity index (χ1) is 7.31. The first-order valence-electron chi connectivity index (χ1n) is 4.59. The van der Waals surface area contributed by atoms with E-state index in [0.29, 0.717) is 5.82 Å². The second kappa shape index (κ2) is 4.48. The summed E-state index contributed by atoms with van der Waals surface area (Å²) < 4.78 is 0. The second-order valence-corrected chi connectivity index (χ2v) is 4.31. The summed E-state index contributed by atoms with van der Waals surface area (Å²) in [5, 5.41) is 2.07. The number of hydrogen-bond donors (Lipinski definition) is 2. The van der Waals surface area contributed by atoms with Crippen LogP contribution >= 0.6 is 11.3 Å².